The number of aliphatic hydroxyl groups is 1. The number of halogens is 1. The zero-order valence-corrected chi connectivity index (χ0v) is 14.3. The van der Waals surface area contributed by atoms with Gasteiger partial charge in [0.05, 0.1) is 11.9 Å². The molecule has 0 saturated carbocycles. The number of amides is 1. The predicted molar refractivity (Wildman–Crippen MR) is 99.0 cm³/mol. The van der Waals surface area contributed by atoms with Crippen molar-refractivity contribution in [2.24, 2.45) is 0 Å². The van der Waals surface area contributed by atoms with Crippen molar-refractivity contribution in [3.8, 4) is 0 Å². The van der Waals surface area contributed by atoms with Crippen molar-refractivity contribution in [3.63, 3.8) is 0 Å². The molecular formula is C20H18FNO2S. The highest BCUT2D eigenvalue weighted by atomic mass is 32.2. The second-order valence-electron chi connectivity index (χ2n) is 5.63. The minimum Gasteiger partial charge on any atom is -0.387 e. The maximum absolute atomic E-state index is 12.9. The molecule has 128 valence electrons. The molecule has 0 radical (unpaired) electrons. The van der Waals surface area contributed by atoms with E-state index in [9.17, 15) is 14.3 Å². The van der Waals surface area contributed by atoms with Crippen LogP contribution in [0.15, 0.2) is 71.6 Å². The number of carbonyl (C=O) groups excluding carboxylic acids is 1. The van der Waals surface area contributed by atoms with Gasteiger partial charge in [-0.3, -0.25) is 4.79 Å². The summed E-state index contributed by atoms with van der Waals surface area (Å²) in [6, 6.07) is 19.6. The van der Waals surface area contributed by atoms with Gasteiger partial charge < -0.3 is 10.4 Å². The maximum Gasteiger partial charge on any atom is 0.230 e. The lowest BCUT2D eigenvalue weighted by Gasteiger charge is -2.14. The lowest BCUT2D eigenvalue weighted by atomic mass is 10.0. The summed E-state index contributed by atoms with van der Waals surface area (Å²) in [4.78, 5) is 12.8. The van der Waals surface area contributed by atoms with Gasteiger partial charge in [0, 0.05) is 11.4 Å². The minimum atomic E-state index is -0.772. The molecule has 1 atom stereocenters. The molecule has 0 aromatic heterocycles. The van der Waals surface area contributed by atoms with Crippen molar-refractivity contribution in [2.45, 2.75) is 11.0 Å². The van der Waals surface area contributed by atoms with Crippen molar-refractivity contribution in [1.82, 2.24) is 5.32 Å². The third-order valence-electron chi connectivity index (χ3n) is 3.86. The Balaban J connectivity index is 1.55. The van der Waals surface area contributed by atoms with Gasteiger partial charge in [-0.2, -0.15) is 0 Å². The third kappa shape index (κ3) is 4.59. The first-order chi connectivity index (χ1) is 12.1. The van der Waals surface area contributed by atoms with E-state index in [0.29, 0.717) is 0 Å². The monoisotopic (exact) mass is 355 g/mol. The Morgan fingerprint density at radius 2 is 1.76 bits per heavy atom. The van der Waals surface area contributed by atoms with Crippen LogP contribution in [0.3, 0.4) is 0 Å². The average Bonchev–Trinajstić information content (AvgIpc) is 2.65. The number of nitrogens with one attached hydrogen (secondary N) is 1. The zero-order valence-electron chi connectivity index (χ0n) is 13.5. The Kier molecular flexibility index (Phi) is 5.68. The lowest BCUT2D eigenvalue weighted by molar-refractivity contribution is -0.119. The Hall–Kier alpha value is -2.37. The molecule has 0 spiro atoms. The van der Waals surface area contributed by atoms with E-state index in [1.54, 1.807) is 12.1 Å². The summed E-state index contributed by atoms with van der Waals surface area (Å²) in [5, 5.41) is 15.2. The molecule has 2 N–H and O–H groups in total. The van der Waals surface area contributed by atoms with Crippen LogP contribution in [-0.4, -0.2) is 23.3 Å². The van der Waals surface area contributed by atoms with Gasteiger partial charge in [0.15, 0.2) is 0 Å². The van der Waals surface area contributed by atoms with Crippen molar-refractivity contribution in [1.29, 1.82) is 0 Å². The van der Waals surface area contributed by atoms with Gasteiger partial charge in [0.2, 0.25) is 5.91 Å². The SMILES string of the molecule is O=C(CSc1ccc(F)cc1)NC[C@H](O)c1cccc2ccccc12. The summed E-state index contributed by atoms with van der Waals surface area (Å²) in [7, 11) is 0. The molecule has 0 unspecified atom stereocenters. The highest BCUT2D eigenvalue weighted by molar-refractivity contribution is 8.00. The molecule has 3 rings (SSSR count). The van der Waals surface area contributed by atoms with Crippen molar-refractivity contribution < 1.29 is 14.3 Å². The van der Waals surface area contributed by atoms with Crippen LogP contribution in [0.2, 0.25) is 0 Å². The van der Waals surface area contributed by atoms with Gasteiger partial charge in [0.1, 0.15) is 5.82 Å². The summed E-state index contributed by atoms with van der Waals surface area (Å²) in [5.41, 5.74) is 0.796. The summed E-state index contributed by atoms with van der Waals surface area (Å²) < 4.78 is 12.9. The second kappa shape index (κ2) is 8.14. The maximum atomic E-state index is 12.9. The van der Waals surface area contributed by atoms with Crippen LogP contribution >= 0.6 is 11.8 Å². The molecule has 5 heteroatoms. The standard InChI is InChI=1S/C20H18FNO2S/c21-15-8-10-16(11-9-15)25-13-20(24)22-12-19(23)18-7-3-5-14-4-1-2-6-17(14)18/h1-11,19,23H,12-13H2,(H,22,24)/t19-/m0/s1. The van der Waals surface area contributed by atoms with E-state index in [2.05, 4.69) is 5.32 Å². The molecular weight excluding hydrogens is 337 g/mol. The summed E-state index contributed by atoms with van der Waals surface area (Å²) >= 11 is 1.33. The fourth-order valence-corrected chi connectivity index (χ4v) is 3.32. The van der Waals surface area contributed by atoms with Crippen LogP contribution in [0.25, 0.3) is 10.8 Å². The highest BCUT2D eigenvalue weighted by Gasteiger charge is 2.12. The number of fused-ring (bicyclic) bond motifs is 1. The molecule has 0 aliphatic rings. The van der Waals surface area contributed by atoms with E-state index in [0.717, 1.165) is 21.2 Å². The van der Waals surface area contributed by atoms with E-state index in [-0.39, 0.29) is 24.0 Å². The minimum absolute atomic E-state index is 0.150. The summed E-state index contributed by atoms with van der Waals surface area (Å²) in [6.45, 7) is 0.150. The fourth-order valence-electron chi connectivity index (χ4n) is 2.59. The van der Waals surface area contributed by atoms with Gasteiger partial charge in [-0.15, -0.1) is 11.8 Å². The van der Waals surface area contributed by atoms with E-state index < -0.39 is 6.10 Å². The number of hydrogen-bond donors (Lipinski definition) is 2. The van der Waals surface area contributed by atoms with Crippen LogP contribution in [0.4, 0.5) is 4.39 Å². The predicted octanol–water partition coefficient (Wildman–Crippen LogP) is 3.92. The molecule has 3 aromatic rings. The van der Waals surface area contributed by atoms with Gasteiger partial charge >= 0.3 is 0 Å². The average molecular weight is 355 g/mol. The molecule has 0 bridgehead atoms. The van der Waals surface area contributed by atoms with Gasteiger partial charge in [-0.1, -0.05) is 42.5 Å². The molecule has 0 heterocycles. The first kappa shape index (κ1) is 17.5. The van der Waals surface area contributed by atoms with Gasteiger partial charge in [-0.05, 0) is 40.6 Å². The largest absolute Gasteiger partial charge is 0.387 e. The summed E-state index contributed by atoms with van der Waals surface area (Å²) in [6.07, 6.45) is -0.772. The molecule has 0 aliphatic heterocycles. The first-order valence-electron chi connectivity index (χ1n) is 7.94. The van der Waals surface area contributed by atoms with E-state index in [1.807, 2.05) is 42.5 Å². The topological polar surface area (TPSA) is 49.3 Å². The highest BCUT2D eigenvalue weighted by Crippen LogP contribution is 2.24. The smallest absolute Gasteiger partial charge is 0.230 e. The number of aliphatic hydroxyl groups excluding tert-OH is 1. The fraction of sp³-hybridized carbons (Fsp3) is 0.150. The van der Waals surface area contributed by atoms with E-state index >= 15 is 0 Å². The number of thioether (sulfide) groups is 1. The number of hydrogen-bond acceptors (Lipinski definition) is 3. The zero-order chi connectivity index (χ0) is 17.6. The van der Waals surface area contributed by atoms with Crippen molar-refractivity contribution in [3.05, 3.63) is 78.1 Å². The second-order valence-corrected chi connectivity index (χ2v) is 6.68. The Morgan fingerprint density at radius 3 is 2.56 bits per heavy atom. The molecule has 0 aliphatic carbocycles. The molecule has 0 fully saturated rings. The van der Waals surface area contributed by atoms with Crippen LogP contribution in [-0.2, 0) is 4.79 Å². The quantitative estimate of drug-likeness (QED) is 0.659. The number of rotatable bonds is 6. The Labute approximate surface area is 149 Å². The molecule has 0 saturated heterocycles. The van der Waals surface area contributed by atoms with Gasteiger partial charge in [-0.25, -0.2) is 4.39 Å². The molecule has 1 amide bonds. The number of benzene rings is 3. The molecule has 3 nitrogen and oxygen atoms in total. The molecule has 3 aromatic carbocycles. The molecule has 25 heavy (non-hydrogen) atoms. The van der Waals surface area contributed by atoms with E-state index in [4.69, 9.17) is 0 Å². The third-order valence-corrected chi connectivity index (χ3v) is 4.87. The summed E-state index contributed by atoms with van der Waals surface area (Å²) in [5.74, 6) is -0.255. The Bertz CT molecular complexity index is 862. The van der Waals surface area contributed by atoms with Crippen LogP contribution in [0.5, 0.6) is 0 Å². The number of carbonyl (C=O) groups is 1. The van der Waals surface area contributed by atoms with Gasteiger partial charge in [0.25, 0.3) is 0 Å². The first-order valence-corrected chi connectivity index (χ1v) is 8.93. The lowest BCUT2D eigenvalue weighted by Crippen LogP contribution is -2.29. The Morgan fingerprint density at radius 1 is 1.04 bits per heavy atom. The van der Waals surface area contributed by atoms with E-state index in [1.165, 1.54) is 23.9 Å². The van der Waals surface area contributed by atoms with Crippen LogP contribution < -0.4 is 5.32 Å². The van der Waals surface area contributed by atoms with Crippen LogP contribution in [0, 0.1) is 5.82 Å². The van der Waals surface area contributed by atoms with Crippen molar-refractivity contribution in [2.75, 3.05) is 12.3 Å². The normalized spacial score (nSPS) is 12.1. The van der Waals surface area contributed by atoms with Crippen LogP contribution in [0.1, 0.15) is 11.7 Å². The van der Waals surface area contributed by atoms with Crippen molar-refractivity contribution >= 4 is 28.4 Å².